The summed E-state index contributed by atoms with van der Waals surface area (Å²) in [6.07, 6.45) is 3.11. The molecule has 0 spiro atoms. The molecule has 0 aromatic heterocycles. The van der Waals surface area contributed by atoms with E-state index in [0.717, 1.165) is 43.7 Å². The number of hydrogen-bond acceptors (Lipinski definition) is 12. The number of cyclic esters (lactones) is 4. The average molecular weight is 769 g/mol. The van der Waals surface area contributed by atoms with E-state index in [9.17, 15) is 24.0 Å². The minimum atomic E-state index is -1.47. The Bertz CT molecular complexity index is 1870. The van der Waals surface area contributed by atoms with Gasteiger partial charge in [0, 0.05) is 22.5 Å². The van der Waals surface area contributed by atoms with Gasteiger partial charge in [0.2, 0.25) is 0 Å². The second-order valence-electron chi connectivity index (χ2n) is 14.3. The zero-order valence-corrected chi connectivity index (χ0v) is 33.1. The van der Waals surface area contributed by atoms with Crippen molar-refractivity contribution in [3.8, 4) is 0 Å². The van der Waals surface area contributed by atoms with Crippen molar-refractivity contribution in [1.29, 1.82) is 0 Å². The first-order valence-electron chi connectivity index (χ1n) is 17.7. The number of benzene rings is 4. The molecule has 8 N–H and O–H groups in total. The van der Waals surface area contributed by atoms with Gasteiger partial charge in [0.05, 0.1) is 22.3 Å². The fraction of sp³-hybridized carbons (Fsp3) is 0.275. The van der Waals surface area contributed by atoms with Crippen LogP contribution in [0.25, 0.3) is 0 Å². The van der Waals surface area contributed by atoms with Gasteiger partial charge in [0.15, 0.2) is 22.4 Å². The number of ether oxygens (including phenoxy) is 2. The first kappa shape index (κ1) is 41.5. The summed E-state index contributed by atoms with van der Waals surface area (Å²) in [6, 6.07) is 26.2. The topological polar surface area (TPSA) is 217 Å². The van der Waals surface area contributed by atoms with Crippen LogP contribution >= 0.6 is 0 Å². The van der Waals surface area contributed by atoms with Crippen LogP contribution in [0.1, 0.15) is 81.3 Å². The number of carbonyl (C=O) groups is 5. The van der Waals surface area contributed by atoms with E-state index in [-0.39, 0.29) is 33.4 Å². The lowest BCUT2D eigenvalue weighted by atomic mass is 9.96. The van der Waals surface area contributed by atoms with Crippen LogP contribution in [0.15, 0.2) is 84.9 Å². The normalized spacial score (nSPS) is 13.1. The summed E-state index contributed by atoms with van der Waals surface area (Å²) >= 11 is 0. The summed E-state index contributed by atoms with van der Waals surface area (Å²) in [6.45, 7) is 10.8. The van der Waals surface area contributed by atoms with Crippen LogP contribution < -0.4 is 22.9 Å². The number of rotatable bonds is 12. The third kappa shape index (κ3) is 11.4. The van der Waals surface area contributed by atoms with E-state index in [0.29, 0.717) is 0 Å². The fourth-order valence-corrected chi connectivity index (χ4v) is 14.9. The Balaban J connectivity index is 0.000000190. The molecule has 0 saturated carbocycles. The lowest BCUT2D eigenvalue weighted by molar-refractivity contribution is 0.0425. The molecule has 2 heterocycles. The van der Waals surface area contributed by atoms with E-state index in [1.807, 2.05) is 48.5 Å². The van der Waals surface area contributed by atoms with Gasteiger partial charge in [-0.2, -0.15) is 0 Å². The second kappa shape index (κ2) is 18.2. The van der Waals surface area contributed by atoms with Gasteiger partial charge in [-0.3, -0.25) is 4.79 Å². The van der Waals surface area contributed by atoms with Crippen molar-refractivity contribution < 1.29 is 37.6 Å². The maximum atomic E-state index is 12.5. The number of hydrogen-bond donors (Lipinski definition) is 4. The Hall–Kier alpha value is -5.26. The molecule has 284 valence electrons. The largest absolute Gasteiger partial charge is 0.455 e. The minimum absolute atomic E-state index is 0.0154. The zero-order valence-electron chi connectivity index (χ0n) is 31.1. The molecule has 0 atom stereocenters. The van der Waals surface area contributed by atoms with Crippen molar-refractivity contribution in [2.45, 2.75) is 57.5 Å². The van der Waals surface area contributed by atoms with Crippen molar-refractivity contribution in [2.24, 2.45) is 11.5 Å². The number of fused-ring (bicyclic) bond motifs is 2. The van der Waals surface area contributed by atoms with Crippen LogP contribution in [0.4, 0.5) is 11.4 Å². The van der Waals surface area contributed by atoms with Crippen molar-refractivity contribution in [1.82, 2.24) is 0 Å². The first-order valence-corrected chi connectivity index (χ1v) is 23.9. The van der Waals surface area contributed by atoms with Gasteiger partial charge in [0.25, 0.3) is 0 Å². The van der Waals surface area contributed by atoms with Crippen LogP contribution in [0.3, 0.4) is 0 Å². The number of anilines is 2. The highest BCUT2D eigenvalue weighted by atomic mass is 28.4. The molecule has 0 fully saturated rings. The molecule has 4 aromatic rings. The molecule has 12 nitrogen and oxygen atoms in total. The van der Waals surface area contributed by atoms with Crippen LogP contribution in [0, 0.1) is 0 Å². The maximum Gasteiger partial charge on any atom is 0.346 e. The summed E-state index contributed by atoms with van der Waals surface area (Å²) in [5.41, 5.74) is 27.0. The number of nitrogens with two attached hydrogens (primary N) is 4. The number of ketones is 1. The second-order valence-corrected chi connectivity index (χ2v) is 23.1. The average Bonchev–Trinajstić information content (AvgIpc) is 3.59. The fourth-order valence-electron chi connectivity index (χ4n) is 6.03. The molecule has 0 bridgehead atoms. The molecule has 0 aliphatic carbocycles. The molecule has 54 heavy (non-hydrogen) atoms. The van der Waals surface area contributed by atoms with E-state index >= 15 is 0 Å². The molecule has 0 saturated heterocycles. The number of carbonyl (C=O) groups excluding carboxylic acids is 5. The standard InChI is InChI=1S/C17H6O7.C13H14N2.C10H28N2OSi2/c18-13(7-1-3-9-11(5-7)16(21)23-14(9)19)8-2-4-10-12(6-8)17(22)24-15(10)20;14-12-5-1-10(2-6-12)9-11-3-7-13(15)8-4-11;1-14(2,9-5-7-11)13-15(3,4)10-6-8-12/h1-6H;1-8H,9,14-15H2;5-12H2,1-4H3. The molecule has 0 amide bonds. The van der Waals surface area contributed by atoms with E-state index in [2.05, 4.69) is 35.7 Å². The molecule has 4 aromatic carbocycles. The van der Waals surface area contributed by atoms with Crippen LogP contribution in [0.2, 0.25) is 38.3 Å². The highest BCUT2D eigenvalue weighted by Crippen LogP contribution is 2.26. The molecular weight excluding hydrogens is 721 g/mol. The van der Waals surface area contributed by atoms with Crippen molar-refractivity contribution in [2.75, 3.05) is 24.6 Å². The Kier molecular flexibility index (Phi) is 14.0. The highest BCUT2D eigenvalue weighted by molar-refractivity contribution is 6.84. The van der Waals surface area contributed by atoms with E-state index in [1.165, 1.54) is 59.6 Å². The first-order chi connectivity index (χ1) is 25.5. The summed E-state index contributed by atoms with van der Waals surface area (Å²) in [5, 5.41) is 0. The lowest BCUT2D eigenvalue weighted by Gasteiger charge is -2.34. The molecule has 0 radical (unpaired) electrons. The van der Waals surface area contributed by atoms with Gasteiger partial charge < -0.3 is 36.5 Å². The predicted molar refractivity (Wildman–Crippen MR) is 213 cm³/mol. The predicted octanol–water partition coefficient (Wildman–Crippen LogP) is 6.09. The van der Waals surface area contributed by atoms with Crippen LogP contribution in [-0.4, -0.2) is 59.4 Å². The Morgan fingerprint density at radius 3 is 1.26 bits per heavy atom. The Morgan fingerprint density at radius 2 is 0.907 bits per heavy atom. The summed E-state index contributed by atoms with van der Waals surface area (Å²) in [5.74, 6) is -3.61. The van der Waals surface area contributed by atoms with Crippen molar-refractivity contribution in [3.63, 3.8) is 0 Å². The molecule has 6 rings (SSSR count). The lowest BCUT2D eigenvalue weighted by Crippen LogP contribution is -2.44. The summed E-state index contributed by atoms with van der Waals surface area (Å²) in [7, 11) is -2.94. The molecular formula is C40H48N4O8Si2. The van der Waals surface area contributed by atoms with E-state index in [1.54, 1.807) is 0 Å². The smallest absolute Gasteiger partial charge is 0.346 e. The third-order valence-corrected chi connectivity index (χ3v) is 16.2. The van der Waals surface area contributed by atoms with Gasteiger partial charge in [0.1, 0.15) is 0 Å². The van der Waals surface area contributed by atoms with E-state index in [4.69, 9.17) is 27.0 Å². The Morgan fingerprint density at radius 1 is 0.556 bits per heavy atom. The van der Waals surface area contributed by atoms with Gasteiger partial charge in [-0.05, 0) is 130 Å². The van der Waals surface area contributed by atoms with Crippen LogP contribution in [-0.2, 0) is 20.0 Å². The number of esters is 4. The molecule has 14 heteroatoms. The Labute approximate surface area is 317 Å². The van der Waals surface area contributed by atoms with Gasteiger partial charge in [-0.15, -0.1) is 0 Å². The van der Waals surface area contributed by atoms with Crippen molar-refractivity contribution in [3.05, 3.63) is 129 Å². The monoisotopic (exact) mass is 768 g/mol. The SMILES string of the molecule is C[Si](C)(CCCN)O[Si](C)(C)CCCN.Nc1ccc(Cc2ccc(N)cc2)cc1.O=C(c1ccc2c(c1)C(=O)OC2=O)c1ccc2c(c1)C(=O)OC2=O. The maximum absolute atomic E-state index is 12.5. The summed E-state index contributed by atoms with van der Waals surface area (Å²) in [4.78, 5) is 58.5. The van der Waals surface area contributed by atoms with Gasteiger partial charge in [-0.25, -0.2) is 19.2 Å². The summed E-state index contributed by atoms with van der Waals surface area (Å²) < 4.78 is 15.3. The third-order valence-electron chi connectivity index (χ3n) is 8.70. The van der Waals surface area contributed by atoms with Gasteiger partial charge in [-0.1, -0.05) is 36.4 Å². The minimum Gasteiger partial charge on any atom is -0.455 e. The van der Waals surface area contributed by atoms with Crippen molar-refractivity contribution >= 4 is 57.7 Å². The van der Waals surface area contributed by atoms with Crippen LogP contribution in [0.5, 0.6) is 0 Å². The molecule has 2 aliphatic heterocycles. The molecule has 0 unspecified atom stereocenters. The quantitative estimate of drug-likeness (QED) is 0.0423. The zero-order chi connectivity index (χ0) is 39.6. The molecule has 2 aliphatic rings. The number of nitrogen functional groups attached to an aromatic ring is 2. The van der Waals surface area contributed by atoms with Gasteiger partial charge >= 0.3 is 23.9 Å². The van der Waals surface area contributed by atoms with E-state index < -0.39 is 46.3 Å². The highest BCUT2D eigenvalue weighted by Gasteiger charge is 2.33.